The minimum absolute atomic E-state index is 0.150. The summed E-state index contributed by atoms with van der Waals surface area (Å²) in [5.41, 5.74) is 1.73. The standard InChI is InChI=1S/C21H26N4O3S3/c1-15(24-9-11-25(12-10-24)31(27,28)19-8-5-13-29-19)20(26)23-21-17(14-22)16-6-3-2-4-7-18(16)30-21/h5,8,13,15H,2-4,6-7,9-12H2,1H3,(H,23,26)/t15-/m0/s1. The van der Waals surface area contributed by atoms with Crippen LogP contribution in [0.2, 0.25) is 0 Å². The van der Waals surface area contributed by atoms with Crippen LogP contribution in [-0.4, -0.2) is 55.8 Å². The van der Waals surface area contributed by atoms with Gasteiger partial charge in [0, 0.05) is 31.1 Å². The number of nitrogens with one attached hydrogen (secondary N) is 1. The fourth-order valence-corrected chi connectivity index (χ4v) is 8.01. The van der Waals surface area contributed by atoms with Crippen LogP contribution in [0.1, 0.15) is 42.2 Å². The first-order valence-corrected chi connectivity index (χ1v) is 13.7. The number of piperazine rings is 1. The van der Waals surface area contributed by atoms with Gasteiger partial charge in [-0.1, -0.05) is 12.5 Å². The highest BCUT2D eigenvalue weighted by molar-refractivity contribution is 7.91. The molecule has 0 saturated carbocycles. The highest BCUT2D eigenvalue weighted by Gasteiger charge is 2.33. The summed E-state index contributed by atoms with van der Waals surface area (Å²) in [7, 11) is -3.46. The van der Waals surface area contributed by atoms with E-state index < -0.39 is 16.1 Å². The molecule has 1 amide bonds. The van der Waals surface area contributed by atoms with Crippen molar-refractivity contribution in [2.75, 3.05) is 31.5 Å². The topological polar surface area (TPSA) is 93.5 Å². The molecule has 1 N–H and O–H groups in total. The summed E-state index contributed by atoms with van der Waals surface area (Å²) in [6.07, 6.45) is 5.27. The van der Waals surface area contributed by atoms with Crippen LogP contribution in [0.3, 0.4) is 0 Å². The molecule has 2 aromatic heterocycles. The van der Waals surface area contributed by atoms with Gasteiger partial charge in [0.2, 0.25) is 5.91 Å². The molecule has 1 fully saturated rings. The lowest BCUT2D eigenvalue weighted by Crippen LogP contribution is -2.53. The monoisotopic (exact) mass is 478 g/mol. The van der Waals surface area contributed by atoms with Crippen LogP contribution < -0.4 is 5.32 Å². The third kappa shape index (κ3) is 4.56. The van der Waals surface area contributed by atoms with Gasteiger partial charge < -0.3 is 5.32 Å². The van der Waals surface area contributed by atoms with Gasteiger partial charge in [-0.25, -0.2) is 8.42 Å². The van der Waals surface area contributed by atoms with Crippen LogP contribution in [0, 0.1) is 11.3 Å². The van der Waals surface area contributed by atoms with Gasteiger partial charge in [-0.3, -0.25) is 9.69 Å². The Morgan fingerprint density at radius 2 is 1.94 bits per heavy atom. The molecule has 0 bridgehead atoms. The van der Waals surface area contributed by atoms with Gasteiger partial charge in [-0.2, -0.15) is 9.57 Å². The van der Waals surface area contributed by atoms with E-state index in [0.29, 0.717) is 41.0 Å². The van der Waals surface area contributed by atoms with Gasteiger partial charge in [-0.05, 0) is 49.6 Å². The molecular formula is C21H26N4O3S3. The summed E-state index contributed by atoms with van der Waals surface area (Å²) >= 11 is 2.76. The highest BCUT2D eigenvalue weighted by Crippen LogP contribution is 2.37. The fraction of sp³-hybridized carbons (Fsp3) is 0.524. The number of carbonyl (C=O) groups is 1. The zero-order valence-corrected chi connectivity index (χ0v) is 19.9. The number of hydrogen-bond acceptors (Lipinski definition) is 7. The number of fused-ring (bicyclic) bond motifs is 1. The van der Waals surface area contributed by atoms with Gasteiger partial charge in [-0.15, -0.1) is 22.7 Å². The average molecular weight is 479 g/mol. The number of thiophene rings is 2. The molecule has 2 aromatic rings. The summed E-state index contributed by atoms with van der Waals surface area (Å²) in [5, 5.41) is 15.1. The number of sulfonamides is 1. The molecular weight excluding hydrogens is 452 g/mol. The average Bonchev–Trinajstić information content (AvgIpc) is 3.37. The largest absolute Gasteiger partial charge is 0.315 e. The molecule has 0 radical (unpaired) electrons. The number of aryl methyl sites for hydroxylation is 1. The lowest BCUT2D eigenvalue weighted by atomic mass is 10.1. The van der Waals surface area contributed by atoms with E-state index in [0.717, 1.165) is 31.2 Å². The first-order chi connectivity index (χ1) is 14.9. The van der Waals surface area contributed by atoms with E-state index in [1.54, 1.807) is 17.5 Å². The van der Waals surface area contributed by atoms with Crippen molar-refractivity contribution >= 4 is 43.6 Å². The number of anilines is 1. The zero-order valence-electron chi connectivity index (χ0n) is 17.5. The molecule has 2 aliphatic rings. The lowest BCUT2D eigenvalue weighted by Gasteiger charge is -2.36. The summed E-state index contributed by atoms with van der Waals surface area (Å²) in [4.78, 5) is 16.2. The van der Waals surface area contributed by atoms with Gasteiger partial charge >= 0.3 is 0 Å². The van der Waals surface area contributed by atoms with Crippen molar-refractivity contribution in [3.05, 3.63) is 33.5 Å². The summed E-state index contributed by atoms with van der Waals surface area (Å²) in [6.45, 7) is 3.53. The smallest absolute Gasteiger partial charge is 0.252 e. The zero-order chi connectivity index (χ0) is 22.0. The maximum Gasteiger partial charge on any atom is 0.252 e. The SMILES string of the molecule is C[C@@H](C(=O)Nc1sc2c(c1C#N)CCCCC2)N1CCN(S(=O)(=O)c2cccs2)CC1. The first-order valence-electron chi connectivity index (χ1n) is 10.5. The lowest BCUT2D eigenvalue weighted by molar-refractivity contribution is -0.121. The van der Waals surface area contributed by atoms with E-state index in [9.17, 15) is 18.5 Å². The van der Waals surface area contributed by atoms with Crippen molar-refractivity contribution in [3.63, 3.8) is 0 Å². The second-order valence-electron chi connectivity index (χ2n) is 7.92. The third-order valence-corrected chi connectivity index (χ3v) is 10.5. The molecule has 10 heteroatoms. The van der Waals surface area contributed by atoms with Gasteiger partial charge in [0.1, 0.15) is 15.3 Å². The third-order valence-electron chi connectivity index (χ3n) is 6.06. The van der Waals surface area contributed by atoms with Crippen molar-refractivity contribution in [1.29, 1.82) is 5.26 Å². The van der Waals surface area contributed by atoms with Gasteiger partial charge in [0.25, 0.3) is 10.0 Å². The molecule has 1 aliphatic carbocycles. The molecule has 3 heterocycles. The number of nitriles is 1. The second-order valence-corrected chi connectivity index (χ2v) is 12.1. The van der Waals surface area contributed by atoms with Crippen molar-refractivity contribution in [3.8, 4) is 6.07 Å². The minimum atomic E-state index is -3.46. The number of nitrogens with zero attached hydrogens (tertiary/aromatic N) is 3. The van der Waals surface area contributed by atoms with E-state index in [1.807, 2.05) is 11.8 Å². The maximum atomic E-state index is 12.9. The van der Waals surface area contributed by atoms with Crippen LogP contribution in [0.15, 0.2) is 21.7 Å². The van der Waals surface area contributed by atoms with E-state index in [1.165, 1.54) is 38.3 Å². The summed E-state index contributed by atoms with van der Waals surface area (Å²) in [5.74, 6) is -0.150. The second kappa shape index (κ2) is 9.38. The van der Waals surface area contributed by atoms with Crippen LogP contribution in [0.25, 0.3) is 0 Å². The maximum absolute atomic E-state index is 12.9. The van der Waals surface area contributed by atoms with Crippen LogP contribution in [0.4, 0.5) is 5.00 Å². The van der Waals surface area contributed by atoms with E-state index in [-0.39, 0.29) is 5.91 Å². The Bertz CT molecular complexity index is 1080. The molecule has 1 atom stereocenters. The molecule has 0 aromatic carbocycles. The van der Waals surface area contributed by atoms with E-state index in [4.69, 9.17) is 0 Å². The Kier molecular flexibility index (Phi) is 6.79. The minimum Gasteiger partial charge on any atom is -0.315 e. The molecule has 0 unspecified atom stereocenters. The first kappa shape index (κ1) is 22.4. The van der Waals surface area contributed by atoms with E-state index in [2.05, 4.69) is 11.4 Å². The van der Waals surface area contributed by atoms with Crippen molar-refractivity contribution < 1.29 is 13.2 Å². The Labute approximate surface area is 191 Å². The molecule has 0 spiro atoms. The predicted molar refractivity (Wildman–Crippen MR) is 123 cm³/mol. The molecule has 4 rings (SSSR count). The number of rotatable bonds is 5. The Morgan fingerprint density at radius 3 is 2.61 bits per heavy atom. The van der Waals surface area contributed by atoms with Crippen molar-refractivity contribution in [2.24, 2.45) is 0 Å². The normalized spacial score (nSPS) is 19.2. The van der Waals surface area contributed by atoms with Crippen LogP contribution in [0.5, 0.6) is 0 Å². The Balaban J connectivity index is 1.39. The van der Waals surface area contributed by atoms with Crippen LogP contribution >= 0.6 is 22.7 Å². The number of hydrogen-bond donors (Lipinski definition) is 1. The van der Waals surface area contributed by atoms with Crippen LogP contribution in [-0.2, 0) is 27.7 Å². The fourth-order valence-electron chi connectivity index (χ4n) is 4.20. The Morgan fingerprint density at radius 1 is 1.19 bits per heavy atom. The summed E-state index contributed by atoms with van der Waals surface area (Å²) < 4.78 is 27.2. The van der Waals surface area contributed by atoms with Gasteiger partial charge in [0.05, 0.1) is 11.6 Å². The van der Waals surface area contributed by atoms with Crippen molar-refractivity contribution in [2.45, 2.75) is 49.3 Å². The van der Waals surface area contributed by atoms with Crippen molar-refractivity contribution in [1.82, 2.24) is 9.21 Å². The number of carbonyl (C=O) groups excluding carboxylic acids is 1. The van der Waals surface area contributed by atoms with E-state index >= 15 is 0 Å². The molecule has 1 aliphatic heterocycles. The Hall–Kier alpha value is -1.77. The molecule has 31 heavy (non-hydrogen) atoms. The predicted octanol–water partition coefficient (Wildman–Crippen LogP) is 3.28. The molecule has 7 nitrogen and oxygen atoms in total. The summed E-state index contributed by atoms with van der Waals surface area (Å²) in [6, 6.07) is 5.26. The quantitative estimate of drug-likeness (QED) is 0.666. The van der Waals surface area contributed by atoms with Gasteiger partial charge in [0.15, 0.2) is 0 Å². The molecule has 166 valence electrons. The molecule has 1 saturated heterocycles. The highest BCUT2D eigenvalue weighted by atomic mass is 32.2. The number of amides is 1.